The number of nitriles is 1. The minimum Gasteiger partial charge on any atom is -0.302 e. The Morgan fingerprint density at radius 3 is 3.08 bits per heavy atom. The van der Waals surface area contributed by atoms with Crippen molar-refractivity contribution in [1.29, 1.82) is 5.26 Å². The molecule has 0 spiro atoms. The predicted octanol–water partition coefficient (Wildman–Crippen LogP) is 1.73. The maximum absolute atomic E-state index is 8.38. The molecule has 0 amide bonds. The van der Waals surface area contributed by atoms with E-state index in [-0.39, 0.29) is 0 Å². The molecular weight excluding hydrogens is 168 g/mol. The molecule has 2 nitrogen and oxygen atoms in total. The summed E-state index contributed by atoms with van der Waals surface area (Å²) < 4.78 is 0. The second-order valence-electron chi connectivity index (χ2n) is 3.07. The Kier molecular flexibility index (Phi) is 5.21. The molecule has 3 heteroatoms. The van der Waals surface area contributed by atoms with E-state index in [1.165, 1.54) is 31.0 Å². The fourth-order valence-electron chi connectivity index (χ4n) is 1.40. The lowest BCUT2D eigenvalue weighted by Gasteiger charge is -2.17. The summed E-state index contributed by atoms with van der Waals surface area (Å²) in [5.74, 6) is 2.58. The van der Waals surface area contributed by atoms with E-state index in [0.29, 0.717) is 6.42 Å². The summed E-state index contributed by atoms with van der Waals surface area (Å²) in [5.41, 5.74) is 0. The van der Waals surface area contributed by atoms with E-state index in [1.54, 1.807) is 0 Å². The number of hydrogen-bond donors (Lipinski definition) is 0. The van der Waals surface area contributed by atoms with Crippen LogP contribution in [-0.4, -0.2) is 36.0 Å². The molecule has 0 radical (unpaired) electrons. The first-order chi connectivity index (χ1) is 5.93. The zero-order chi connectivity index (χ0) is 8.65. The lowest BCUT2D eigenvalue weighted by Crippen LogP contribution is -2.26. The van der Waals surface area contributed by atoms with Gasteiger partial charge in [-0.15, -0.1) is 0 Å². The van der Waals surface area contributed by atoms with Crippen molar-refractivity contribution in [3.8, 4) is 6.07 Å². The molecule has 12 heavy (non-hydrogen) atoms. The monoisotopic (exact) mass is 184 g/mol. The maximum atomic E-state index is 8.38. The van der Waals surface area contributed by atoms with Crippen LogP contribution in [0.1, 0.15) is 19.3 Å². The van der Waals surface area contributed by atoms with E-state index in [1.807, 2.05) is 0 Å². The number of unbranched alkanes of at least 4 members (excludes halogenated alkanes) is 1. The maximum Gasteiger partial charge on any atom is 0.0622 e. The summed E-state index contributed by atoms with van der Waals surface area (Å²) in [6, 6.07) is 2.19. The summed E-state index contributed by atoms with van der Waals surface area (Å²) in [7, 11) is 0. The molecule has 0 N–H and O–H groups in total. The van der Waals surface area contributed by atoms with Gasteiger partial charge in [-0.2, -0.15) is 17.0 Å². The molecule has 0 aromatic carbocycles. The fraction of sp³-hybridized carbons (Fsp3) is 0.889. The quantitative estimate of drug-likeness (QED) is 0.625. The van der Waals surface area contributed by atoms with Gasteiger partial charge in [-0.3, -0.25) is 0 Å². The first-order valence-electron chi connectivity index (χ1n) is 4.60. The molecular formula is C9H16N2S. The summed E-state index contributed by atoms with van der Waals surface area (Å²) in [6.45, 7) is 3.57. The van der Waals surface area contributed by atoms with Crippen LogP contribution in [-0.2, 0) is 0 Å². The Hall–Kier alpha value is -0.200. The van der Waals surface area contributed by atoms with Crippen LogP contribution >= 0.6 is 11.8 Å². The molecule has 68 valence electrons. The summed E-state index contributed by atoms with van der Waals surface area (Å²) >= 11 is 2.05. The van der Waals surface area contributed by atoms with Crippen LogP contribution in [0.4, 0.5) is 0 Å². The Bertz CT molecular complexity index is 145. The van der Waals surface area contributed by atoms with Gasteiger partial charge in [-0.1, -0.05) is 0 Å². The van der Waals surface area contributed by atoms with Gasteiger partial charge >= 0.3 is 0 Å². The minimum absolute atomic E-state index is 0.712. The van der Waals surface area contributed by atoms with Crippen LogP contribution in [0.3, 0.4) is 0 Å². The van der Waals surface area contributed by atoms with Gasteiger partial charge in [0.2, 0.25) is 0 Å². The minimum atomic E-state index is 0.712. The normalized spacial score (nSPS) is 19.9. The van der Waals surface area contributed by atoms with Gasteiger partial charge in [0.1, 0.15) is 0 Å². The van der Waals surface area contributed by atoms with Gasteiger partial charge in [0.25, 0.3) is 0 Å². The van der Waals surface area contributed by atoms with Gasteiger partial charge in [0.15, 0.2) is 0 Å². The van der Waals surface area contributed by atoms with Crippen molar-refractivity contribution in [3.63, 3.8) is 0 Å². The zero-order valence-electron chi connectivity index (χ0n) is 7.46. The van der Waals surface area contributed by atoms with Crippen molar-refractivity contribution < 1.29 is 0 Å². The van der Waals surface area contributed by atoms with Gasteiger partial charge in [-0.05, 0) is 31.7 Å². The third-order valence-electron chi connectivity index (χ3n) is 2.08. The van der Waals surface area contributed by atoms with Crippen molar-refractivity contribution in [2.24, 2.45) is 0 Å². The lowest BCUT2D eigenvalue weighted by atomic mass is 10.3. The standard InChI is InChI=1S/C9H16N2S/c10-4-1-2-5-11-6-3-8-12-9-7-11/h1-3,5-9H2. The number of nitrogens with zero attached hydrogens (tertiary/aromatic N) is 2. The Labute approximate surface area is 78.9 Å². The molecule has 0 saturated carbocycles. The molecule has 1 saturated heterocycles. The zero-order valence-corrected chi connectivity index (χ0v) is 8.28. The first-order valence-corrected chi connectivity index (χ1v) is 5.76. The molecule has 1 fully saturated rings. The van der Waals surface area contributed by atoms with Crippen LogP contribution < -0.4 is 0 Å². The third-order valence-corrected chi connectivity index (χ3v) is 3.13. The van der Waals surface area contributed by atoms with Crippen LogP contribution in [0.5, 0.6) is 0 Å². The van der Waals surface area contributed by atoms with Gasteiger partial charge < -0.3 is 4.90 Å². The molecule has 0 aromatic rings. The summed E-state index contributed by atoms with van der Waals surface area (Å²) in [6.07, 6.45) is 3.07. The largest absolute Gasteiger partial charge is 0.302 e. The molecule has 0 unspecified atom stereocenters. The molecule has 0 atom stereocenters. The predicted molar refractivity (Wildman–Crippen MR) is 53.2 cm³/mol. The van der Waals surface area contributed by atoms with Crippen molar-refractivity contribution in [2.45, 2.75) is 19.3 Å². The van der Waals surface area contributed by atoms with Crippen LogP contribution in [0.25, 0.3) is 0 Å². The van der Waals surface area contributed by atoms with E-state index >= 15 is 0 Å². The highest BCUT2D eigenvalue weighted by atomic mass is 32.2. The lowest BCUT2D eigenvalue weighted by molar-refractivity contribution is 0.293. The van der Waals surface area contributed by atoms with Crippen LogP contribution in [0, 0.1) is 11.3 Å². The average Bonchev–Trinajstić information content (AvgIpc) is 2.33. The van der Waals surface area contributed by atoms with Gasteiger partial charge in [0.05, 0.1) is 6.07 Å². The molecule has 0 bridgehead atoms. The Balaban J connectivity index is 2.08. The highest BCUT2D eigenvalue weighted by Crippen LogP contribution is 2.10. The highest BCUT2D eigenvalue weighted by Gasteiger charge is 2.07. The third kappa shape index (κ3) is 3.99. The number of thioether (sulfide) groups is 1. The van der Waals surface area contributed by atoms with Crippen molar-refractivity contribution in [1.82, 2.24) is 4.90 Å². The van der Waals surface area contributed by atoms with E-state index in [4.69, 9.17) is 5.26 Å². The fourth-order valence-corrected chi connectivity index (χ4v) is 2.33. The molecule has 1 aliphatic heterocycles. The highest BCUT2D eigenvalue weighted by molar-refractivity contribution is 7.99. The molecule has 1 rings (SSSR count). The molecule has 0 aromatic heterocycles. The van der Waals surface area contributed by atoms with E-state index in [0.717, 1.165) is 13.0 Å². The SMILES string of the molecule is N#CCCCN1CCCSCC1. The van der Waals surface area contributed by atoms with Crippen LogP contribution in [0.15, 0.2) is 0 Å². The smallest absolute Gasteiger partial charge is 0.0622 e. The molecule has 0 aliphatic carbocycles. The van der Waals surface area contributed by atoms with E-state index in [2.05, 4.69) is 22.7 Å². The van der Waals surface area contributed by atoms with Gasteiger partial charge in [-0.25, -0.2) is 0 Å². The summed E-state index contributed by atoms with van der Waals surface area (Å²) in [4.78, 5) is 2.48. The van der Waals surface area contributed by atoms with Crippen molar-refractivity contribution in [2.75, 3.05) is 31.1 Å². The topological polar surface area (TPSA) is 27.0 Å². The van der Waals surface area contributed by atoms with Crippen LogP contribution in [0.2, 0.25) is 0 Å². The van der Waals surface area contributed by atoms with Crippen molar-refractivity contribution in [3.05, 3.63) is 0 Å². The Morgan fingerprint density at radius 2 is 2.25 bits per heavy atom. The first kappa shape index (κ1) is 9.88. The number of hydrogen-bond acceptors (Lipinski definition) is 3. The Morgan fingerprint density at radius 1 is 1.33 bits per heavy atom. The second kappa shape index (κ2) is 6.33. The van der Waals surface area contributed by atoms with Crippen molar-refractivity contribution >= 4 is 11.8 Å². The second-order valence-corrected chi connectivity index (χ2v) is 4.29. The molecule has 1 aliphatic rings. The van der Waals surface area contributed by atoms with E-state index < -0.39 is 0 Å². The summed E-state index contributed by atoms with van der Waals surface area (Å²) in [5, 5.41) is 8.38. The number of rotatable bonds is 3. The average molecular weight is 184 g/mol. The molecule has 1 heterocycles. The van der Waals surface area contributed by atoms with E-state index in [9.17, 15) is 0 Å². The van der Waals surface area contributed by atoms with Gasteiger partial charge in [0, 0.05) is 18.7 Å².